The number of amides is 3. The third kappa shape index (κ3) is 5.10. The Morgan fingerprint density at radius 3 is 2.56 bits per heavy atom. The van der Waals surface area contributed by atoms with E-state index in [2.05, 4.69) is 15.3 Å². The number of carbonyl (C=O) groups is 3. The number of piperazine rings is 1. The van der Waals surface area contributed by atoms with Gasteiger partial charge in [0.2, 0.25) is 5.91 Å². The summed E-state index contributed by atoms with van der Waals surface area (Å²) >= 11 is 1.47. The molecule has 0 aliphatic carbocycles. The van der Waals surface area contributed by atoms with Crippen LogP contribution < -0.4 is 5.32 Å². The number of aromatic nitrogens is 2. The highest BCUT2D eigenvalue weighted by Crippen LogP contribution is 2.09. The van der Waals surface area contributed by atoms with Crippen molar-refractivity contribution in [2.45, 2.75) is 12.8 Å². The molecule has 0 aromatic carbocycles. The van der Waals surface area contributed by atoms with E-state index in [4.69, 9.17) is 0 Å². The first-order chi connectivity index (χ1) is 13.1. The van der Waals surface area contributed by atoms with Gasteiger partial charge >= 0.3 is 0 Å². The van der Waals surface area contributed by atoms with E-state index in [0.29, 0.717) is 56.8 Å². The van der Waals surface area contributed by atoms with Gasteiger partial charge in [0.05, 0.1) is 6.20 Å². The summed E-state index contributed by atoms with van der Waals surface area (Å²) in [4.78, 5) is 47.8. The molecule has 27 heavy (non-hydrogen) atoms. The van der Waals surface area contributed by atoms with Crippen molar-refractivity contribution in [1.82, 2.24) is 25.1 Å². The monoisotopic (exact) mass is 387 g/mol. The smallest absolute Gasteiger partial charge is 0.274 e. The molecule has 0 saturated carbocycles. The van der Waals surface area contributed by atoms with Gasteiger partial charge < -0.3 is 15.1 Å². The van der Waals surface area contributed by atoms with E-state index >= 15 is 0 Å². The molecule has 142 valence electrons. The summed E-state index contributed by atoms with van der Waals surface area (Å²) in [7, 11) is 0. The molecule has 8 nitrogen and oxygen atoms in total. The van der Waals surface area contributed by atoms with Crippen molar-refractivity contribution >= 4 is 29.1 Å². The lowest BCUT2D eigenvalue weighted by atomic mass is 10.2. The zero-order valence-corrected chi connectivity index (χ0v) is 15.7. The van der Waals surface area contributed by atoms with Crippen LogP contribution in [0.4, 0.5) is 0 Å². The molecule has 0 atom stereocenters. The van der Waals surface area contributed by atoms with Crippen LogP contribution in [-0.4, -0.2) is 70.2 Å². The van der Waals surface area contributed by atoms with Crippen molar-refractivity contribution < 1.29 is 14.4 Å². The van der Waals surface area contributed by atoms with Gasteiger partial charge in [-0.15, -0.1) is 0 Å². The topological polar surface area (TPSA) is 95.5 Å². The zero-order valence-electron chi connectivity index (χ0n) is 14.8. The Bertz CT molecular complexity index is 774. The summed E-state index contributed by atoms with van der Waals surface area (Å²) in [5.41, 5.74) is 0.967. The van der Waals surface area contributed by atoms with Crippen LogP contribution in [0.2, 0.25) is 0 Å². The lowest BCUT2D eigenvalue weighted by molar-refractivity contribution is -0.132. The van der Waals surface area contributed by atoms with Crippen LogP contribution >= 0.6 is 11.3 Å². The fraction of sp³-hybridized carbons (Fsp3) is 0.389. The average Bonchev–Trinajstić information content (AvgIpc) is 3.26. The normalized spacial score (nSPS) is 14.1. The van der Waals surface area contributed by atoms with Gasteiger partial charge in [-0.3, -0.25) is 19.4 Å². The molecule has 1 aliphatic heterocycles. The van der Waals surface area contributed by atoms with E-state index in [9.17, 15) is 14.4 Å². The summed E-state index contributed by atoms with van der Waals surface area (Å²) in [6, 6.07) is 1.77. The molecule has 2 aromatic heterocycles. The Morgan fingerprint density at radius 1 is 1.11 bits per heavy atom. The van der Waals surface area contributed by atoms with Gasteiger partial charge in [0.25, 0.3) is 11.8 Å². The highest BCUT2D eigenvalue weighted by Gasteiger charge is 2.25. The molecule has 1 N–H and O–H groups in total. The van der Waals surface area contributed by atoms with Crippen molar-refractivity contribution in [3.8, 4) is 0 Å². The Hall–Kier alpha value is -2.81. The van der Waals surface area contributed by atoms with E-state index in [1.165, 1.54) is 29.9 Å². The van der Waals surface area contributed by atoms with Crippen molar-refractivity contribution in [3.05, 3.63) is 46.7 Å². The molecular formula is C18H21N5O3S. The second-order valence-electron chi connectivity index (χ2n) is 6.14. The van der Waals surface area contributed by atoms with Crippen LogP contribution in [0.1, 0.15) is 33.7 Å². The summed E-state index contributed by atoms with van der Waals surface area (Å²) in [6.45, 7) is 2.44. The standard InChI is InChI=1S/C18H21N5O3S/c24-16(2-1-4-21-17(25)14-3-11-27-13-14)22-7-9-23(10-8-22)18(26)15-12-19-5-6-20-15/h3,5-6,11-13H,1-2,4,7-10H2,(H,21,25). The molecule has 1 fully saturated rings. The van der Waals surface area contributed by atoms with Crippen LogP contribution in [0.3, 0.4) is 0 Å². The predicted octanol–water partition coefficient (Wildman–Crippen LogP) is 1.03. The van der Waals surface area contributed by atoms with Crippen molar-refractivity contribution in [2.75, 3.05) is 32.7 Å². The Balaban J connectivity index is 1.36. The summed E-state index contributed by atoms with van der Waals surface area (Å²) in [5, 5.41) is 6.46. The third-order valence-electron chi connectivity index (χ3n) is 4.34. The molecule has 0 radical (unpaired) electrons. The molecule has 3 amide bonds. The molecule has 3 heterocycles. The molecule has 3 rings (SSSR count). The second-order valence-corrected chi connectivity index (χ2v) is 6.92. The van der Waals surface area contributed by atoms with Crippen LogP contribution in [0, 0.1) is 0 Å². The Labute approximate surface area is 161 Å². The summed E-state index contributed by atoms with van der Waals surface area (Å²) in [5.74, 6) is -0.224. The van der Waals surface area contributed by atoms with Crippen molar-refractivity contribution in [3.63, 3.8) is 0 Å². The minimum Gasteiger partial charge on any atom is -0.352 e. The first-order valence-electron chi connectivity index (χ1n) is 8.78. The lowest BCUT2D eigenvalue weighted by Crippen LogP contribution is -2.50. The van der Waals surface area contributed by atoms with Gasteiger partial charge in [-0.2, -0.15) is 11.3 Å². The van der Waals surface area contributed by atoms with Crippen LogP contribution in [0.15, 0.2) is 35.4 Å². The molecule has 2 aromatic rings. The summed E-state index contributed by atoms with van der Waals surface area (Å²) < 4.78 is 0. The molecule has 1 saturated heterocycles. The van der Waals surface area contributed by atoms with Gasteiger partial charge in [0.1, 0.15) is 5.69 Å². The second kappa shape index (κ2) is 9.22. The van der Waals surface area contributed by atoms with Gasteiger partial charge in [-0.05, 0) is 17.9 Å². The minimum absolute atomic E-state index is 0.0476. The van der Waals surface area contributed by atoms with Gasteiger partial charge in [-0.1, -0.05) is 0 Å². The number of hydrogen-bond donors (Lipinski definition) is 1. The Morgan fingerprint density at radius 2 is 1.89 bits per heavy atom. The number of hydrogen-bond acceptors (Lipinski definition) is 6. The van der Waals surface area contributed by atoms with Gasteiger partial charge in [-0.25, -0.2) is 4.98 Å². The maximum atomic E-state index is 12.3. The molecule has 9 heteroatoms. The SMILES string of the molecule is O=C(NCCCC(=O)N1CCN(C(=O)c2cnccn2)CC1)c1ccsc1. The highest BCUT2D eigenvalue weighted by molar-refractivity contribution is 7.08. The number of rotatable bonds is 6. The van der Waals surface area contributed by atoms with Gasteiger partial charge in [0, 0.05) is 62.5 Å². The number of carbonyl (C=O) groups excluding carboxylic acids is 3. The number of thiophene rings is 1. The van der Waals surface area contributed by atoms with Crippen molar-refractivity contribution in [1.29, 1.82) is 0 Å². The molecular weight excluding hydrogens is 366 g/mol. The number of nitrogens with zero attached hydrogens (tertiary/aromatic N) is 4. The molecule has 0 unspecified atom stereocenters. The van der Waals surface area contributed by atoms with Crippen LogP contribution in [0.5, 0.6) is 0 Å². The van der Waals surface area contributed by atoms with Gasteiger partial charge in [0.15, 0.2) is 0 Å². The summed E-state index contributed by atoms with van der Waals surface area (Å²) in [6.07, 6.45) is 5.43. The van der Waals surface area contributed by atoms with E-state index in [1.54, 1.807) is 21.2 Å². The average molecular weight is 387 g/mol. The highest BCUT2D eigenvalue weighted by atomic mass is 32.1. The lowest BCUT2D eigenvalue weighted by Gasteiger charge is -2.34. The fourth-order valence-electron chi connectivity index (χ4n) is 2.83. The largest absolute Gasteiger partial charge is 0.352 e. The first kappa shape index (κ1) is 19.0. The third-order valence-corrected chi connectivity index (χ3v) is 5.02. The minimum atomic E-state index is -0.161. The fourth-order valence-corrected chi connectivity index (χ4v) is 3.46. The molecule has 1 aliphatic rings. The van der Waals surface area contributed by atoms with Crippen molar-refractivity contribution in [2.24, 2.45) is 0 Å². The van der Waals surface area contributed by atoms with E-state index in [-0.39, 0.29) is 17.7 Å². The van der Waals surface area contributed by atoms with E-state index in [0.717, 1.165) is 0 Å². The van der Waals surface area contributed by atoms with E-state index in [1.807, 2.05) is 5.38 Å². The quantitative estimate of drug-likeness (QED) is 0.747. The first-order valence-corrected chi connectivity index (χ1v) is 9.73. The van der Waals surface area contributed by atoms with Crippen LogP contribution in [-0.2, 0) is 4.79 Å². The van der Waals surface area contributed by atoms with Crippen LogP contribution in [0.25, 0.3) is 0 Å². The molecule has 0 bridgehead atoms. The predicted molar refractivity (Wildman–Crippen MR) is 100 cm³/mol. The van der Waals surface area contributed by atoms with E-state index < -0.39 is 0 Å². The molecule has 0 spiro atoms. The zero-order chi connectivity index (χ0) is 19.1. The number of nitrogens with one attached hydrogen (secondary N) is 1. The Kier molecular flexibility index (Phi) is 6.48. The maximum absolute atomic E-state index is 12.3. The maximum Gasteiger partial charge on any atom is 0.274 e.